The minimum atomic E-state index is -2.90. The second kappa shape index (κ2) is 9.90. The van der Waals surface area contributed by atoms with Crippen LogP contribution in [0.25, 0.3) is 0 Å². The van der Waals surface area contributed by atoms with Crippen molar-refractivity contribution >= 4 is 11.7 Å². The molecule has 1 aromatic heterocycles. The van der Waals surface area contributed by atoms with E-state index in [0.29, 0.717) is 31.5 Å². The number of hydrogen-bond donors (Lipinski definition) is 0. The van der Waals surface area contributed by atoms with Crippen molar-refractivity contribution in [3.63, 3.8) is 0 Å². The molecule has 9 heteroatoms. The number of likely N-dealkylation sites (N-methyl/N-ethyl adjacent to an activating group) is 1. The summed E-state index contributed by atoms with van der Waals surface area (Å²) in [5.41, 5.74) is 1.14. The molecule has 34 heavy (non-hydrogen) atoms. The maximum Gasteiger partial charge on any atom is 0.270 e. The van der Waals surface area contributed by atoms with Gasteiger partial charge in [-0.15, -0.1) is 0 Å². The van der Waals surface area contributed by atoms with Crippen LogP contribution in [0.2, 0.25) is 0 Å². The van der Waals surface area contributed by atoms with Gasteiger partial charge >= 0.3 is 0 Å². The molecule has 3 atom stereocenters. The van der Waals surface area contributed by atoms with Crippen molar-refractivity contribution in [2.45, 2.75) is 69.6 Å². The number of amides is 1. The van der Waals surface area contributed by atoms with E-state index in [2.05, 4.69) is 9.97 Å². The Bertz CT molecular complexity index is 1010. The molecule has 2 aromatic rings. The lowest BCUT2D eigenvalue weighted by atomic mass is 10.0. The topological polar surface area (TPSA) is 58.6 Å². The zero-order chi connectivity index (χ0) is 24.5. The second-order valence-corrected chi connectivity index (χ2v) is 9.42. The number of aromatic nitrogens is 2. The van der Waals surface area contributed by atoms with Crippen LogP contribution in [0, 0.1) is 5.82 Å². The van der Waals surface area contributed by atoms with Crippen molar-refractivity contribution in [3.05, 3.63) is 53.2 Å². The molecule has 2 saturated heterocycles. The Morgan fingerprint density at radius 1 is 1.18 bits per heavy atom. The standard InChI is InChI=1S/C25H31F3N4O2/c1-25(27,28)17-8-6-16(7-9-17)20-5-4-14-32(20)23-22(26)19(29-15-30-23)12-10-18-11-13-21(34-18)24(33)31(2)3/h6-9,15,18,20-21H,4-5,10-14H2,1-3H3. The Morgan fingerprint density at radius 2 is 1.91 bits per heavy atom. The molecule has 184 valence electrons. The minimum absolute atomic E-state index is 0.0417. The first kappa shape index (κ1) is 24.4. The van der Waals surface area contributed by atoms with Crippen LogP contribution in [0.1, 0.15) is 61.9 Å². The van der Waals surface area contributed by atoms with E-state index in [0.717, 1.165) is 31.7 Å². The minimum Gasteiger partial charge on any atom is -0.365 e. The molecule has 1 amide bonds. The maximum atomic E-state index is 15.5. The molecule has 6 nitrogen and oxygen atoms in total. The summed E-state index contributed by atoms with van der Waals surface area (Å²) in [6, 6.07) is 6.12. The number of nitrogens with zero attached hydrogens (tertiary/aromatic N) is 4. The Morgan fingerprint density at radius 3 is 2.59 bits per heavy atom. The molecule has 0 aliphatic carbocycles. The van der Waals surface area contributed by atoms with Crippen LogP contribution in [0.3, 0.4) is 0 Å². The van der Waals surface area contributed by atoms with Crippen molar-refractivity contribution in [2.75, 3.05) is 25.5 Å². The summed E-state index contributed by atoms with van der Waals surface area (Å²) < 4.78 is 48.5. The zero-order valence-electron chi connectivity index (χ0n) is 19.8. The summed E-state index contributed by atoms with van der Waals surface area (Å²) in [5.74, 6) is -3.16. The fourth-order valence-corrected chi connectivity index (χ4v) is 4.82. The number of carbonyl (C=O) groups excluding carboxylic acids is 1. The summed E-state index contributed by atoms with van der Waals surface area (Å²) in [7, 11) is 3.41. The van der Waals surface area contributed by atoms with Crippen LogP contribution in [0.5, 0.6) is 0 Å². The van der Waals surface area contributed by atoms with Crippen LogP contribution in [-0.4, -0.2) is 53.6 Å². The van der Waals surface area contributed by atoms with Crippen molar-refractivity contribution in [1.29, 1.82) is 0 Å². The first-order valence-electron chi connectivity index (χ1n) is 11.8. The van der Waals surface area contributed by atoms with E-state index in [9.17, 15) is 13.6 Å². The van der Waals surface area contributed by atoms with Gasteiger partial charge in [0.25, 0.3) is 11.8 Å². The number of ether oxygens (including phenoxy) is 1. The summed E-state index contributed by atoms with van der Waals surface area (Å²) >= 11 is 0. The van der Waals surface area contributed by atoms with Gasteiger partial charge in [0.05, 0.1) is 17.8 Å². The van der Waals surface area contributed by atoms with Gasteiger partial charge in [0.1, 0.15) is 12.4 Å². The predicted molar refractivity (Wildman–Crippen MR) is 122 cm³/mol. The highest BCUT2D eigenvalue weighted by atomic mass is 19.3. The number of benzene rings is 1. The molecule has 2 aliphatic rings. The molecule has 1 aromatic carbocycles. The monoisotopic (exact) mass is 476 g/mol. The molecule has 0 saturated carbocycles. The third kappa shape index (κ3) is 5.19. The molecular formula is C25H31F3N4O2. The highest BCUT2D eigenvalue weighted by molar-refractivity contribution is 5.80. The lowest BCUT2D eigenvalue weighted by Gasteiger charge is -2.27. The van der Waals surface area contributed by atoms with Gasteiger partial charge in [0.15, 0.2) is 11.6 Å². The largest absolute Gasteiger partial charge is 0.365 e. The van der Waals surface area contributed by atoms with Gasteiger partial charge in [-0.2, -0.15) is 0 Å². The lowest BCUT2D eigenvalue weighted by molar-refractivity contribution is -0.140. The third-order valence-corrected chi connectivity index (χ3v) is 6.70. The van der Waals surface area contributed by atoms with Gasteiger partial charge in [0.2, 0.25) is 0 Å². The Balaban J connectivity index is 1.44. The van der Waals surface area contributed by atoms with E-state index >= 15 is 4.39 Å². The van der Waals surface area contributed by atoms with Gasteiger partial charge in [0, 0.05) is 33.1 Å². The number of anilines is 1. The Labute approximate surface area is 198 Å². The summed E-state index contributed by atoms with van der Waals surface area (Å²) in [4.78, 5) is 23.9. The van der Waals surface area contributed by atoms with Gasteiger partial charge in [-0.05, 0) is 44.1 Å². The fourth-order valence-electron chi connectivity index (χ4n) is 4.82. The third-order valence-electron chi connectivity index (χ3n) is 6.70. The first-order valence-corrected chi connectivity index (χ1v) is 11.8. The van der Waals surface area contributed by atoms with Crippen molar-refractivity contribution in [2.24, 2.45) is 0 Å². The first-order chi connectivity index (χ1) is 16.1. The molecule has 2 aliphatic heterocycles. The quantitative estimate of drug-likeness (QED) is 0.583. The summed E-state index contributed by atoms with van der Waals surface area (Å²) in [6.45, 7) is 1.50. The van der Waals surface area contributed by atoms with Gasteiger partial charge in [-0.3, -0.25) is 4.79 Å². The Hall–Kier alpha value is -2.68. The summed E-state index contributed by atoms with van der Waals surface area (Å²) in [6.07, 6.45) is 4.84. The highest BCUT2D eigenvalue weighted by Crippen LogP contribution is 2.38. The average Bonchev–Trinajstić information content (AvgIpc) is 3.47. The Kier molecular flexibility index (Phi) is 7.12. The smallest absolute Gasteiger partial charge is 0.270 e. The van der Waals surface area contributed by atoms with Crippen molar-refractivity contribution in [1.82, 2.24) is 14.9 Å². The number of carbonyl (C=O) groups is 1. The molecule has 0 bridgehead atoms. The number of halogens is 3. The second-order valence-electron chi connectivity index (χ2n) is 9.42. The molecule has 0 N–H and O–H groups in total. The number of hydrogen-bond acceptors (Lipinski definition) is 5. The van der Waals surface area contributed by atoms with Crippen LogP contribution < -0.4 is 4.90 Å². The van der Waals surface area contributed by atoms with Crippen molar-refractivity contribution in [3.8, 4) is 0 Å². The molecule has 2 fully saturated rings. The molecule has 3 unspecified atom stereocenters. The predicted octanol–water partition coefficient (Wildman–Crippen LogP) is 4.64. The number of aryl methyl sites for hydroxylation is 1. The van der Waals surface area contributed by atoms with E-state index < -0.39 is 17.8 Å². The fraction of sp³-hybridized carbons (Fsp3) is 0.560. The normalized spacial score (nSPS) is 22.9. The van der Waals surface area contributed by atoms with Gasteiger partial charge in [-0.1, -0.05) is 24.3 Å². The van der Waals surface area contributed by atoms with E-state index in [1.54, 1.807) is 26.2 Å². The highest BCUT2D eigenvalue weighted by Gasteiger charge is 2.33. The lowest BCUT2D eigenvalue weighted by Crippen LogP contribution is -2.33. The number of alkyl halides is 2. The van der Waals surface area contributed by atoms with E-state index in [-0.39, 0.29) is 29.4 Å². The van der Waals surface area contributed by atoms with Crippen LogP contribution in [-0.2, 0) is 21.9 Å². The molecule has 3 heterocycles. The molecular weight excluding hydrogens is 445 g/mol. The molecule has 0 radical (unpaired) electrons. The summed E-state index contributed by atoms with van der Waals surface area (Å²) in [5, 5.41) is 0. The maximum absolute atomic E-state index is 15.5. The van der Waals surface area contributed by atoms with Gasteiger partial charge < -0.3 is 14.5 Å². The SMILES string of the molecule is CN(C)C(=O)C1CCC(CCc2ncnc(N3CCCC3c3ccc(C(C)(F)F)cc3)c2F)O1. The van der Waals surface area contributed by atoms with E-state index in [4.69, 9.17) is 4.74 Å². The average molecular weight is 477 g/mol. The zero-order valence-corrected chi connectivity index (χ0v) is 19.8. The molecule has 0 spiro atoms. The number of rotatable bonds is 7. The van der Waals surface area contributed by atoms with Crippen molar-refractivity contribution < 1.29 is 22.7 Å². The van der Waals surface area contributed by atoms with E-state index in [1.807, 2.05) is 4.90 Å². The van der Waals surface area contributed by atoms with Crippen LogP contribution >= 0.6 is 0 Å². The van der Waals surface area contributed by atoms with Gasteiger partial charge in [-0.25, -0.2) is 23.1 Å². The van der Waals surface area contributed by atoms with E-state index in [1.165, 1.54) is 23.4 Å². The van der Waals surface area contributed by atoms with Crippen LogP contribution in [0.4, 0.5) is 19.0 Å². The van der Waals surface area contributed by atoms with Crippen LogP contribution in [0.15, 0.2) is 30.6 Å². The molecule has 4 rings (SSSR count).